The number of nitrogens with one attached hydrogen (secondary N) is 1. The van der Waals surface area contributed by atoms with Gasteiger partial charge in [-0.25, -0.2) is 10.1 Å². The van der Waals surface area contributed by atoms with Crippen LogP contribution in [0.5, 0.6) is 0 Å². The Hall–Kier alpha value is -1.82. The predicted octanol–water partition coefficient (Wildman–Crippen LogP) is 1.42. The summed E-state index contributed by atoms with van der Waals surface area (Å²) in [6.45, 7) is 3.98. The average molecular weight is 276 g/mol. The predicted molar refractivity (Wildman–Crippen MR) is 77.2 cm³/mol. The SMILES string of the molecule is O=[N+]([O-])N1CCNC[C@@H]1c1ccc(N2CCCC2)cc1. The van der Waals surface area contributed by atoms with Crippen LogP contribution in [0.4, 0.5) is 5.69 Å². The topological polar surface area (TPSA) is 61.7 Å². The Morgan fingerprint density at radius 2 is 1.85 bits per heavy atom. The summed E-state index contributed by atoms with van der Waals surface area (Å²) in [6, 6.07) is 8.07. The van der Waals surface area contributed by atoms with Crippen molar-refractivity contribution in [1.29, 1.82) is 0 Å². The van der Waals surface area contributed by atoms with Crippen LogP contribution in [0.2, 0.25) is 0 Å². The molecule has 0 spiro atoms. The maximum absolute atomic E-state index is 11.1. The van der Waals surface area contributed by atoms with Crippen molar-refractivity contribution < 1.29 is 5.03 Å². The van der Waals surface area contributed by atoms with Crippen LogP contribution in [-0.4, -0.2) is 42.8 Å². The van der Waals surface area contributed by atoms with Crippen molar-refractivity contribution in [2.45, 2.75) is 18.9 Å². The molecule has 6 heteroatoms. The summed E-state index contributed by atoms with van der Waals surface area (Å²) in [5.74, 6) is 0. The second-order valence-corrected chi connectivity index (χ2v) is 5.41. The smallest absolute Gasteiger partial charge is 0.160 e. The first-order chi connectivity index (χ1) is 9.75. The second-order valence-electron chi connectivity index (χ2n) is 5.41. The fourth-order valence-electron chi connectivity index (χ4n) is 3.06. The van der Waals surface area contributed by atoms with Gasteiger partial charge in [-0.1, -0.05) is 12.1 Å². The second kappa shape index (κ2) is 5.66. The Labute approximate surface area is 118 Å². The van der Waals surface area contributed by atoms with E-state index in [1.807, 2.05) is 12.1 Å². The number of rotatable bonds is 3. The first-order valence-electron chi connectivity index (χ1n) is 7.22. The van der Waals surface area contributed by atoms with Gasteiger partial charge in [0.15, 0.2) is 5.03 Å². The van der Waals surface area contributed by atoms with Gasteiger partial charge in [-0.05, 0) is 30.5 Å². The fraction of sp³-hybridized carbons (Fsp3) is 0.571. The van der Waals surface area contributed by atoms with Crippen LogP contribution in [0.1, 0.15) is 24.4 Å². The minimum atomic E-state index is -0.278. The lowest BCUT2D eigenvalue weighted by Gasteiger charge is -2.30. The van der Waals surface area contributed by atoms with Gasteiger partial charge in [-0.3, -0.25) is 0 Å². The van der Waals surface area contributed by atoms with Gasteiger partial charge in [-0.15, -0.1) is 5.01 Å². The Balaban J connectivity index is 1.77. The van der Waals surface area contributed by atoms with E-state index < -0.39 is 0 Å². The highest BCUT2D eigenvalue weighted by molar-refractivity contribution is 5.48. The van der Waals surface area contributed by atoms with Crippen molar-refractivity contribution in [3.05, 3.63) is 39.9 Å². The van der Waals surface area contributed by atoms with Crippen LogP contribution in [0, 0.1) is 10.1 Å². The lowest BCUT2D eigenvalue weighted by atomic mass is 10.0. The molecule has 2 aliphatic heterocycles. The molecule has 1 aromatic rings. The van der Waals surface area contributed by atoms with E-state index in [9.17, 15) is 10.1 Å². The number of hydrogen-bond donors (Lipinski definition) is 1. The largest absolute Gasteiger partial charge is 0.372 e. The molecule has 2 aliphatic rings. The molecule has 1 aromatic carbocycles. The van der Waals surface area contributed by atoms with Gasteiger partial charge in [-0.2, -0.15) is 0 Å². The average Bonchev–Trinajstić information content (AvgIpc) is 3.02. The molecule has 0 amide bonds. The lowest BCUT2D eigenvalue weighted by molar-refractivity contribution is -0.667. The van der Waals surface area contributed by atoms with E-state index >= 15 is 0 Å². The van der Waals surface area contributed by atoms with E-state index in [4.69, 9.17) is 0 Å². The Morgan fingerprint density at radius 1 is 1.15 bits per heavy atom. The van der Waals surface area contributed by atoms with Crippen molar-refractivity contribution in [1.82, 2.24) is 10.3 Å². The van der Waals surface area contributed by atoms with E-state index in [0.717, 1.165) is 18.7 Å². The zero-order chi connectivity index (χ0) is 13.9. The number of benzene rings is 1. The molecule has 108 valence electrons. The lowest BCUT2D eigenvalue weighted by Crippen LogP contribution is -2.48. The van der Waals surface area contributed by atoms with E-state index in [-0.39, 0.29) is 11.1 Å². The molecular formula is C14H20N4O2. The summed E-state index contributed by atoms with van der Waals surface area (Å²) in [7, 11) is 0. The van der Waals surface area contributed by atoms with Crippen molar-refractivity contribution in [2.75, 3.05) is 37.6 Å². The molecule has 0 saturated carbocycles. The van der Waals surface area contributed by atoms with E-state index in [2.05, 4.69) is 22.3 Å². The van der Waals surface area contributed by atoms with Gasteiger partial charge < -0.3 is 10.2 Å². The normalized spacial score (nSPS) is 23.1. The van der Waals surface area contributed by atoms with Crippen molar-refractivity contribution in [3.8, 4) is 0 Å². The maximum atomic E-state index is 11.1. The van der Waals surface area contributed by atoms with Gasteiger partial charge in [0.25, 0.3) is 0 Å². The fourth-order valence-corrected chi connectivity index (χ4v) is 3.06. The highest BCUT2D eigenvalue weighted by Crippen LogP contribution is 2.26. The molecule has 2 heterocycles. The van der Waals surface area contributed by atoms with Crippen LogP contribution in [-0.2, 0) is 0 Å². The third-order valence-electron chi connectivity index (χ3n) is 4.17. The van der Waals surface area contributed by atoms with Gasteiger partial charge >= 0.3 is 0 Å². The van der Waals surface area contributed by atoms with Crippen LogP contribution < -0.4 is 10.2 Å². The first kappa shape index (κ1) is 13.2. The minimum absolute atomic E-state index is 0.175. The van der Waals surface area contributed by atoms with E-state index in [1.54, 1.807) is 0 Å². The van der Waals surface area contributed by atoms with Gasteiger partial charge in [0.05, 0.1) is 6.54 Å². The molecule has 2 saturated heterocycles. The van der Waals surface area contributed by atoms with E-state index in [0.29, 0.717) is 19.6 Å². The van der Waals surface area contributed by atoms with Crippen LogP contribution in [0.3, 0.4) is 0 Å². The number of nitro groups is 1. The maximum Gasteiger partial charge on any atom is 0.160 e. The summed E-state index contributed by atoms with van der Waals surface area (Å²) in [6.07, 6.45) is 2.51. The Bertz CT molecular complexity index is 471. The quantitative estimate of drug-likeness (QED) is 0.668. The summed E-state index contributed by atoms with van der Waals surface area (Å²) < 4.78 is 0. The number of hydrazine groups is 1. The monoisotopic (exact) mass is 276 g/mol. The van der Waals surface area contributed by atoms with Crippen LogP contribution in [0.15, 0.2) is 24.3 Å². The molecule has 0 aromatic heterocycles. The molecule has 3 rings (SSSR count). The minimum Gasteiger partial charge on any atom is -0.372 e. The number of hydrogen-bond acceptors (Lipinski definition) is 4. The van der Waals surface area contributed by atoms with Crippen LogP contribution in [0.25, 0.3) is 0 Å². The third kappa shape index (κ3) is 2.56. The zero-order valence-corrected chi connectivity index (χ0v) is 11.5. The van der Waals surface area contributed by atoms with Crippen molar-refractivity contribution in [3.63, 3.8) is 0 Å². The first-order valence-corrected chi connectivity index (χ1v) is 7.22. The summed E-state index contributed by atoms with van der Waals surface area (Å²) in [4.78, 5) is 13.5. The molecular weight excluding hydrogens is 256 g/mol. The Kier molecular flexibility index (Phi) is 3.73. The highest BCUT2D eigenvalue weighted by Gasteiger charge is 2.30. The van der Waals surface area contributed by atoms with Crippen molar-refractivity contribution in [2.24, 2.45) is 0 Å². The number of nitrogens with zero attached hydrogens (tertiary/aromatic N) is 3. The zero-order valence-electron chi connectivity index (χ0n) is 11.5. The van der Waals surface area contributed by atoms with Gasteiger partial charge in [0, 0.05) is 31.9 Å². The summed E-state index contributed by atoms with van der Waals surface area (Å²) in [5.41, 5.74) is 2.24. The molecule has 1 N–H and O–H groups in total. The van der Waals surface area contributed by atoms with Gasteiger partial charge in [0.2, 0.25) is 0 Å². The molecule has 1 atom stereocenters. The standard InChI is InChI=1S/C14H20N4O2/c19-18(20)17-10-7-15-11-14(17)12-3-5-13(6-4-12)16-8-1-2-9-16/h3-6,14-15H,1-2,7-11H2/t14-/m1/s1. The summed E-state index contributed by atoms with van der Waals surface area (Å²) in [5, 5.41) is 15.4. The highest BCUT2D eigenvalue weighted by atomic mass is 16.7. The molecule has 6 nitrogen and oxygen atoms in total. The van der Waals surface area contributed by atoms with Crippen molar-refractivity contribution >= 4 is 5.69 Å². The molecule has 0 unspecified atom stereocenters. The van der Waals surface area contributed by atoms with Crippen LogP contribution >= 0.6 is 0 Å². The summed E-state index contributed by atoms with van der Waals surface area (Å²) >= 11 is 0. The number of anilines is 1. The molecule has 20 heavy (non-hydrogen) atoms. The molecule has 0 radical (unpaired) electrons. The van der Waals surface area contributed by atoms with E-state index in [1.165, 1.54) is 23.5 Å². The molecule has 0 aliphatic carbocycles. The van der Waals surface area contributed by atoms with Gasteiger partial charge in [0.1, 0.15) is 6.04 Å². The Morgan fingerprint density at radius 3 is 2.50 bits per heavy atom. The number of piperazine rings is 1. The molecule has 0 bridgehead atoms. The molecule has 2 fully saturated rings. The third-order valence-corrected chi connectivity index (χ3v) is 4.17.